The maximum atomic E-state index is 13.5. The number of sulfone groups is 1. The van der Waals surface area contributed by atoms with Crippen LogP contribution in [0.3, 0.4) is 0 Å². The molecule has 6 heteroatoms. The average molecular weight is 448 g/mol. The third kappa shape index (κ3) is 3.94. The third-order valence-electron chi connectivity index (χ3n) is 5.79. The van der Waals surface area contributed by atoms with Crippen molar-refractivity contribution in [1.29, 1.82) is 0 Å². The van der Waals surface area contributed by atoms with Gasteiger partial charge < -0.3 is 9.30 Å². The van der Waals surface area contributed by atoms with Gasteiger partial charge in [-0.2, -0.15) is 0 Å². The van der Waals surface area contributed by atoms with E-state index in [9.17, 15) is 13.2 Å². The van der Waals surface area contributed by atoms with Crippen molar-refractivity contribution in [3.05, 3.63) is 99.8 Å². The minimum Gasteiger partial charge on any atom is -0.497 e. The van der Waals surface area contributed by atoms with Crippen molar-refractivity contribution in [1.82, 2.24) is 4.57 Å². The molecule has 4 rings (SSSR count). The first-order valence-corrected chi connectivity index (χ1v) is 11.9. The van der Waals surface area contributed by atoms with Crippen molar-refractivity contribution in [3.8, 4) is 5.75 Å². The molecule has 1 heterocycles. The number of aromatic nitrogens is 1. The normalized spacial score (nSPS) is 11.6. The molecule has 0 radical (unpaired) electrons. The number of nitrogens with zero attached hydrogens (tertiary/aromatic N) is 1. The quantitative estimate of drug-likeness (QED) is 0.427. The average Bonchev–Trinajstić information content (AvgIpc) is 2.81. The van der Waals surface area contributed by atoms with Crippen LogP contribution < -0.4 is 10.2 Å². The molecule has 5 nitrogen and oxygen atoms in total. The predicted octanol–water partition coefficient (Wildman–Crippen LogP) is 4.76. The first-order chi connectivity index (χ1) is 15.3. The van der Waals surface area contributed by atoms with E-state index in [2.05, 4.69) is 0 Å². The Morgan fingerprint density at radius 1 is 0.969 bits per heavy atom. The molecule has 0 fully saturated rings. The molecule has 0 aliphatic rings. The molecule has 0 amide bonds. The van der Waals surface area contributed by atoms with Crippen LogP contribution in [0.4, 0.5) is 0 Å². The minimum atomic E-state index is -4.00. The second-order valence-electron chi connectivity index (χ2n) is 7.76. The molecule has 32 heavy (non-hydrogen) atoms. The Hall–Kier alpha value is -3.38. The van der Waals surface area contributed by atoms with Gasteiger partial charge in [-0.15, -0.1) is 0 Å². The molecule has 0 N–H and O–H groups in total. The van der Waals surface area contributed by atoms with E-state index in [-0.39, 0.29) is 9.79 Å². The van der Waals surface area contributed by atoms with Crippen molar-refractivity contribution >= 4 is 20.7 Å². The molecule has 0 aliphatic carbocycles. The maximum Gasteiger partial charge on any atom is 0.211 e. The van der Waals surface area contributed by atoms with Gasteiger partial charge in [0, 0.05) is 12.7 Å². The molecule has 0 atom stereocenters. The highest BCUT2D eigenvalue weighted by Gasteiger charge is 2.24. The molecule has 0 saturated heterocycles. The van der Waals surface area contributed by atoms with Gasteiger partial charge >= 0.3 is 0 Å². The number of rotatable bonds is 6. The lowest BCUT2D eigenvalue weighted by Crippen LogP contribution is -2.20. The van der Waals surface area contributed by atoms with Crippen molar-refractivity contribution in [3.63, 3.8) is 0 Å². The zero-order chi connectivity index (χ0) is 22.9. The van der Waals surface area contributed by atoms with E-state index in [4.69, 9.17) is 4.74 Å². The smallest absolute Gasteiger partial charge is 0.211 e. The van der Waals surface area contributed by atoms with E-state index < -0.39 is 15.3 Å². The topological polar surface area (TPSA) is 65.4 Å². The molecule has 0 unspecified atom stereocenters. The van der Waals surface area contributed by atoms with Crippen molar-refractivity contribution in [2.24, 2.45) is 0 Å². The van der Waals surface area contributed by atoms with Gasteiger partial charge in [-0.05, 0) is 60.4 Å². The maximum absolute atomic E-state index is 13.5. The molecule has 3 aromatic carbocycles. The Morgan fingerprint density at radius 3 is 2.34 bits per heavy atom. The van der Waals surface area contributed by atoms with Crippen LogP contribution in [0.1, 0.15) is 23.6 Å². The van der Waals surface area contributed by atoms with Gasteiger partial charge in [0.15, 0.2) is 0 Å². The summed E-state index contributed by atoms with van der Waals surface area (Å²) in [5.74, 6) is 0.499. The van der Waals surface area contributed by atoms with Crippen molar-refractivity contribution < 1.29 is 13.2 Å². The molecule has 0 saturated carbocycles. The van der Waals surface area contributed by atoms with Gasteiger partial charge in [0.1, 0.15) is 10.6 Å². The molecule has 1 aromatic heterocycles. The van der Waals surface area contributed by atoms with Gasteiger partial charge in [0.2, 0.25) is 15.3 Å². The van der Waals surface area contributed by atoms with Gasteiger partial charge in [-0.1, -0.05) is 43.3 Å². The van der Waals surface area contributed by atoms with Crippen LogP contribution in [0.25, 0.3) is 10.9 Å². The van der Waals surface area contributed by atoms with Crippen molar-refractivity contribution in [2.45, 2.75) is 36.6 Å². The largest absolute Gasteiger partial charge is 0.497 e. The molecule has 0 bridgehead atoms. The summed E-state index contributed by atoms with van der Waals surface area (Å²) in [6.45, 7) is 4.45. The fourth-order valence-electron chi connectivity index (χ4n) is 3.80. The van der Waals surface area contributed by atoms with Gasteiger partial charge in [-0.3, -0.25) is 4.79 Å². The highest BCUT2D eigenvalue weighted by Crippen LogP contribution is 2.25. The van der Waals surface area contributed by atoms with Crippen LogP contribution in [0, 0.1) is 6.92 Å². The molecular formula is C26H25NO4S. The standard InChI is InChI=1S/C26H25NO4S/c1-4-19-9-12-22(13-10-19)32(29,30)25-17-27(16-20-8-6-5-7-18(20)2)24-14-11-21(31-3)15-23(24)26(25)28/h5-15,17H,4,16H2,1-3H3. The molecule has 0 spiro atoms. The number of hydrogen-bond acceptors (Lipinski definition) is 4. The lowest BCUT2D eigenvalue weighted by atomic mass is 10.1. The molecule has 0 aliphatic heterocycles. The zero-order valence-corrected chi connectivity index (χ0v) is 19.1. The zero-order valence-electron chi connectivity index (χ0n) is 18.3. The van der Waals surface area contributed by atoms with Crippen LogP contribution >= 0.6 is 0 Å². The predicted molar refractivity (Wildman–Crippen MR) is 126 cm³/mol. The SMILES string of the molecule is CCc1ccc(S(=O)(=O)c2cn(Cc3ccccc3C)c3ccc(OC)cc3c2=O)cc1. The van der Waals surface area contributed by atoms with Crippen LogP contribution in [0.5, 0.6) is 5.75 Å². The van der Waals surface area contributed by atoms with E-state index in [1.807, 2.05) is 42.7 Å². The Kier molecular flexibility index (Phi) is 5.89. The van der Waals surface area contributed by atoms with E-state index in [0.717, 1.165) is 23.1 Å². The summed E-state index contributed by atoms with van der Waals surface area (Å²) in [4.78, 5) is 13.2. The highest BCUT2D eigenvalue weighted by atomic mass is 32.2. The number of fused-ring (bicyclic) bond motifs is 1. The first-order valence-electron chi connectivity index (χ1n) is 10.4. The van der Waals surface area contributed by atoms with Crippen molar-refractivity contribution in [2.75, 3.05) is 7.11 Å². The molecule has 4 aromatic rings. The number of aryl methyl sites for hydroxylation is 2. The minimum absolute atomic E-state index is 0.108. The van der Waals surface area contributed by atoms with Crippen LogP contribution in [-0.4, -0.2) is 20.1 Å². The summed E-state index contributed by atoms with van der Waals surface area (Å²) in [5, 5.41) is 0.309. The number of hydrogen-bond donors (Lipinski definition) is 0. The van der Waals surface area contributed by atoms with E-state index in [1.54, 1.807) is 42.5 Å². The fraction of sp³-hybridized carbons (Fsp3) is 0.192. The summed E-state index contributed by atoms with van der Waals surface area (Å²) in [5.41, 5.74) is 3.29. The lowest BCUT2D eigenvalue weighted by molar-refractivity contribution is 0.415. The Labute approximate surface area is 187 Å². The monoisotopic (exact) mass is 447 g/mol. The van der Waals surface area contributed by atoms with E-state index >= 15 is 0 Å². The third-order valence-corrected chi connectivity index (χ3v) is 7.55. The summed E-state index contributed by atoms with van der Waals surface area (Å²) in [6.07, 6.45) is 2.27. The van der Waals surface area contributed by atoms with E-state index in [0.29, 0.717) is 23.2 Å². The fourth-order valence-corrected chi connectivity index (χ4v) is 5.17. The van der Waals surface area contributed by atoms with Crippen LogP contribution in [-0.2, 0) is 22.8 Å². The van der Waals surface area contributed by atoms with Gasteiger partial charge in [0.25, 0.3) is 0 Å². The summed E-state index contributed by atoms with van der Waals surface area (Å²) < 4.78 is 34.1. The Bertz CT molecular complexity index is 1450. The number of benzene rings is 3. The van der Waals surface area contributed by atoms with Crippen LogP contribution in [0.15, 0.2) is 87.5 Å². The van der Waals surface area contributed by atoms with Crippen LogP contribution in [0.2, 0.25) is 0 Å². The number of pyridine rings is 1. The summed E-state index contributed by atoms with van der Waals surface area (Å²) in [6, 6.07) is 19.8. The summed E-state index contributed by atoms with van der Waals surface area (Å²) in [7, 11) is -2.49. The van der Waals surface area contributed by atoms with Gasteiger partial charge in [-0.25, -0.2) is 8.42 Å². The highest BCUT2D eigenvalue weighted by molar-refractivity contribution is 7.91. The molecular weight excluding hydrogens is 422 g/mol. The van der Waals surface area contributed by atoms with Gasteiger partial charge in [0.05, 0.1) is 22.9 Å². The first kappa shape index (κ1) is 21.8. The summed E-state index contributed by atoms with van der Waals surface area (Å²) >= 11 is 0. The lowest BCUT2D eigenvalue weighted by Gasteiger charge is -2.16. The second kappa shape index (κ2) is 8.63. The Morgan fingerprint density at radius 2 is 1.69 bits per heavy atom. The number of methoxy groups -OCH3 is 1. The second-order valence-corrected chi connectivity index (χ2v) is 9.68. The molecule has 164 valence electrons. The Balaban J connectivity index is 1.97. The number of ether oxygens (including phenoxy) is 1. The van der Waals surface area contributed by atoms with E-state index in [1.165, 1.54) is 13.3 Å².